The molecule has 0 aliphatic carbocycles. The van der Waals surface area contributed by atoms with Gasteiger partial charge in [-0.1, -0.05) is 48.5 Å². The number of hydrogen-bond donors (Lipinski definition) is 1. The Labute approximate surface area is 157 Å². The van der Waals surface area contributed by atoms with E-state index in [0.717, 1.165) is 23.0 Å². The molecule has 1 fully saturated rings. The van der Waals surface area contributed by atoms with Gasteiger partial charge in [0.05, 0.1) is 0 Å². The molecule has 2 aromatic carbocycles. The van der Waals surface area contributed by atoms with Crippen LogP contribution in [-0.2, 0) is 11.3 Å². The predicted octanol–water partition coefficient (Wildman–Crippen LogP) is 3.77. The highest BCUT2D eigenvalue weighted by Crippen LogP contribution is 2.25. The first kappa shape index (κ1) is 16.5. The van der Waals surface area contributed by atoms with Gasteiger partial charge in [0.15, 0.2) is 5.11 Å². The van der Waals surface area contributed by atoms with Gasteiger partial charge < -0.3 is 9.88 Å². The molecule has 0 saturated carbocycles. The summed E-state index contributed by atoms with van der Waals surface area (Å²) in [6.45, 7) is 3.27. The molecule has 3 aromatic rings. The third kappa shape index (κ3) is 2.91. The van der Waals surface area contributed by atoms with E-state index in [4.69, 9.17) is 12.2 Å². The summed E-state index contributed by atoms with van der Waals surface area (Å²) in [6.07, 6.45) is 3.99. The molecule has 0 bridgehead atoms. The Bertz CT molecular complexity index is 1020. The van der Waals surface area contributed by atoms with Crippen LogP contribution in [0, 0.1) is 0 Å². The average molecular weight is 361 g/mol. The maximum Gasteiger partial charge on any atom is 0.276 e. The lowest BCUT2D eigenvalue weighted by Crippen LogP contribution is -2.30. The SMILES string of the molecule is CCN1C(=O)/C(=C/c2cn(Cc3ccccc3)c3ccccc23)NC1=S. The van der Waals surface area contributed by atoms with Gasteiger partial charge in [0.1, 0.15) is 5.70 Å². The zero-order chi connectivity index (χ0) is 18.1. The molecule has 26 heavy (non-hydrogen) atoms. The van der Waals surface area contributed by atoms with Crippen molar-refractivity contribution < 1.29 is 4.79 Å². The Kier molecular flexibility index (Phi) is 4.31. The normalized spacial score (nSPS) is 15.9. The number of amides is 1. The number of rotatable bonds is 4. The summed E-state index contributed by atoms with van der Waals surface area (Å²) in [5.41, 5.74) is 3.91. The van der Waals surface area contributed by atoms with Gasteiger partial charge in [-0.15, -0.1) is 0 Å². The number of aromatic nitrogens is 1. The Morgan fingerprint density at radius 1 is 1.08 bits per heavy atom. The van der Waals surface area contributed by atoms with Gasteiger partial charge in [0, 0.05) is 35.8 Å². The van der Waals surface area contributed by atoms with Gasteiger partial charge in [-0.2, -0.15) is 0 Å². The number of carbonyl (C=O) groups excluding carboxylic acids is 1. The standard InChI is InChI=1S/C21H19N3OS/c1-2-24-20(25)18(22-21(24)26)12-16-14-23(13-15-8-4-3-5-9-15)19-11-7-6-10-17(16)19/h3-12,14H,2,13H2,1H3,(H,22,26)/b18-12-. The lowest BCUT2D eigenvalue weighted by Gasteiger charge is -2.08. The molecule has 0 atom stereocenters. The van der Waals surface area contributed by atoms with E-state index in [1.54, 1.807) is 4.90 Å². The molecule has 1 aliphatic heterocycles. The fourth-order valence-electron chi connectivity index (χ4n) is 3.32. The molecule has 0 unspecified atom stereocenters. The summed E-state index contributed by atoms with van der Waals surface area (Å²) in [5, 5.41) is 4.62. The average Bonchev–Trinajstić information content (AvgIpc) is 3.13. The van der Waals surface area contributed by atoms with Crippen LogP contribution in [0.4, 0.5) is 0 Å². The number of thiocarbonyl (C=S) groups is 1. The number of nitrogens with one attached hydrogen (secondary N) is 1. The lowest BCUT2D eigenvalue weighted by molar-refractivity contribution is -0.122. The van der Waals surface area contributed by atoms with Gasteiger partial charge in [0.2, 0.25) is 0 Å². The van der Waals surface area contributed by atoms with Crippen LogP contribution in [0.2, 0.25) is 0 Å². The van der Waals surface area contributed by atoms with E-state index >= 15 is 0 Å². The topological polar surface area (TPSA) is 37.3 Å². The fourth-order valence-corrected chi connectivity index (χ4v) is 3.64. The van der Waals surface area contributed by atoms with E-state index in [2.05, 4.69) is 40.3 Å². The molecule has 1 N–H and O–H groups in total. The smallest absolute Gasteiger partial charge is 0.276 e. The Balaban J connectivity index is 1.76. The molecule has 1 aliphatic rings. The highest BCUT2D eigenvalue weighted by Gasteiger charge is 2.29. The number of likely N-dealkylation sites (N-methyl/N-ethyl adjacent to an activating group) is 1. The number of fused-ring (bicyclic) bond motifs is 1. The van der Waals surface area contributed by atoms with Crippen molar-refractivity contribution in [3.05, 3.63) is 77.6 Å². The van der Waals surface area contributed by atoms with Crippen LogP contribution in [0.1, 0.15) is 18.1 Å². The van der Waals surface area contributed by atoms with Crippen LogP contribution >= 0.6 is 12.2 Å². The maximum atomic E-state index is 12.5. The number of carbonyl (C=O) groups is 1. The van der Waals surface area contributed by atoms with Gasteiger partial charge in [-0.05, 0) is 36.8 Å². The predicted molar refractivity (Wildman–Crippen MR) is 109 cm³/mol. The van der Waals surface area contributed by atoms with Crippen LogP contribution in [-0.4, -0.2) is 27.0 Å². The highest BCUT2D eigenvalue weighted by atomic mass is 32.1. The minimum atomic E-state index is -0.0719. The Hall–Kier alpha value is -2.92. The summed E-state index contributed by atoms with van der Waals surface area (Å²) in [7, 11) is 0. The molecule has 4 nitrogen and oxygen atoms in total. The van der Waals surface area contributed by atoms with Gasteiger partial charge in [0.25, 0.3) is 5.91 Å². The third-order valence-electron chi connectivity index (χ3n) is 4.59. The number of nitrogens with zero attached hydrogens (tertiary/aromatic N) is 2. The zero-order valence-electron chi connectivity index (χ0n) is 14.5. The molecule has 130 valence electrons. The molecule has 1 amide bonds. The summed E-state index contributed by atoms with van der Waals surface area (Å²) >= 11 is 5.25. The first-order valence-electron chi connectivity index (χ1n) is 8.63. The summed E-state index contributed by atoms with van der Waals surface area (Å²) in [5.74, 6) is -0.0719. The molecule has 4 rings (SSSR count). The van der Waals surface area contributed by atoms with E-state index < -0.39 is 0 Å². The summed E-state index contributed by atoms with van der Waals surface area (Å²) in [4.78, 5) is 14.1. The Morgan fingerprint density at radius 2 is 1.81 bits per heavy atom. The van der Waals surface area contributed by atoms with Crippen molar-refractivity contribution >= 4 is 40.2 Å². The molecule has 0 spiro atoms. The molecular formula is C21H19N3OS. The van der Waals surface area contributed by atoms with E-state index in [0.29, 0.717) is 17.4 Å². The van der Waals surface area contributed by atoms with Crippen molar-refractivity contribution in [2.45, 2.75) is 13.5 Å². The second kappa shape index (κ2) is 6.77. The van der Waals surface area contributed by atoms with Crippen molar-refractivity contribution in [2.75, 3.05) is 6.54 Å². The Morgan fingerprint density at radius 3 is 2.54 bits per heavy atom. The quantitative estimate of drug-likeness (QED) is 0.568. The second-order valence-electron chi connectivity index (χ2n) is 6.25. The number of para-hydroxylation sites is 1. The van der Waals surface area contributed by atoms with Gasteiger partial charge in [-0.3, -0.25) is 9.69 Å². The van der Waals surface area contributed by atoms with Crippen LogP contribution in [0.5, 0.6) is 0 Å². The van der Waals surface area contributed by atoms with Gasteiger partial charge >= 0.3 is 0 Å². The van der Waals surface area contributed by atoms with Crippen molar-refractivity contribution in [3.8, 4) is 0 Å². The largest absolute Gasteiger partial charge is 0.342 e. The van der Waals surface area contributed by atoms with E-state index in [9.17, 15) is 4.79 Å². The fraction of sp³-hybridized carbons (Fsp3) is 0.143. The number of benzene rings is 2. The number of hydrogen-bond acceptors (Lipinski definition) is 2. The molecule has 5 heteroatoms. The van der Waals surface area contributed by atoms with E-state index in [1.807, 2.05) is 43.3 Å². The monoisotopic (exact) mass is 361 g/mol. The summed E-state index contributed by atoms with van der Waals surface area (Å²) in [6, 6.07) is 18.6. The van der Waals surface area contributed by atoms with E-state index in [-0.39, 0.29) is 5.91 Å². The lowest BCUT2D eigenvalue weighted by atomic mass is 10.1. The zero-order valence-corrected chi connectivity index (χ0v) is 15.3. The highest BCUT2D eigenvalue weighted by molar-refractivity contribution is 7.80. The third-order valence-corrected chi connectivity index (χ3v) is 4.92. The molecule has 2 heterocycles. The van der Waals surface area contributed by atoms with Crippen molar-refractivity contribution in [2.24, 2.45) is 0 Å². The minimum absolute atomic E-state index is 0.0719. The van der Waals surface area contributed by atoms with Crippen molar-refractivity contribution in [3.63, 3.8) is 0 Å². The first-order chi connectivity index (χ1) is 12.7. The van der Waals surface area contributed by atoms with Crippen molar-refractivity contribution in [1.29, 1.82) is 0 Å². The summed E-state index contributed by atoms with van der Waals surface area (Å²) < 4.78 is 2.21. The maximum absolute atomic E-state index is 12.5. The van der Waals surface area contributed by atoms with Gasteiger partial charge in [-0.25, -0.2) is 0 Å². The van der Waals surface area contributed by atoms with Crippen LogP contribution < -0.4 is 5.32 Å². The van der Waals surface area contributed by atoms with Crippen LogP contribution in [0.15, 0.2) is 66.5 Å². The molecular weight excluding hydrogens is 342 g/mol. The van der Waals surface area contributed by atoms with Crippen molar-refractivity contribution in [1.82, 2.24) is 14.8 Å². The minimum Gasteiger partial charge on any atom is -0.342 e. The molecule has 0 radical (unpaired) electrons. The first-order valence-corrected chi connectivity index (χ1v) is 9.04. The van der Waals surface area contributed by atoms with Crippen LogP contribution in [0.25, 0.3) is 17.0 Å². The van der Waals surface area contributed by atoms with E-state index in [1.165, 1.54) is 5.56 Å². The second-order valence-corrected chi connectivity index (χ2v) is 6.64. The molecule has 1 aromatic heterocycles. The molecule has 1 saturated heterocycles. The van der Waals surface area contributed by atoms with Crippen LogP contribution in [0.3, 0.4) is 0 Å².